The molecule has 152 valence electrons. The number of carbonyl (C=O) groups excluding carboxylic acids is 3. The second-order valence-electron chi connectivity index (χ2n) is 6.72. The maximum absolute atomic E-state index is 12.1. The molecule has 1 aromatic rings. The van der Waals surface area contributed by atoms with Crippen molar-refractivity contribution in [3.8, 4) is 5.75 Å². The zero-order valence-corrected chi connectivity index (χ0v) is 15.4. The molecule has 0 unspecified atom stereocenters. The first kappa shape index (κ1) is 19.9. The van der Waals surface area contributed by atoms with Crippen LogP contribution in [0.4, 0.5) is 4.79 Å². The Morgan fingerprint density at radius 1 is 1.29 bits per heavy atom. The number of aliphatic hydroxyl groups is 1. The fourth-order valence-electron chi connectivity index (χ4n) is 3.23. The molecular formula is C18H24N4O6. The van der Waals surface area contributed by atoms with Crippen molar-refractivity contribution in [2.75, 3.05) is 26.7 Å². The molecule has 3 amide bonds. The molecule has 0 saturated carbocycles. The van der Waals surface area contributed by atoms with E-state index in [1.807, 2.05) is 24.3 Å². The van der Waals surface area contributed by atoms with Crippen LogP contribution in [0.5, 0.6) is 5.75 Å². The number of β-amino-alcohol motifs (C(OH)–C–C–N with tert-alkyl or cyclic N) is 1. The van der Waals surface area contributed by atoms with Gasteiger partial charge in [-0.15, -0.1) is 0 Å². The second-order valence-corrected chi connectivity index (χ2v) is 6.72. The molecular weight excluding hydrogens is 368 g/mol. The minimum absolute atomic E-state index is 0.0766. The van der Waals surface area contributed by atoms with E-state index in [-0.39, 0.29) is 30.9 Å². The molecule has 0 spiro atoms. The molecule has 2 aliphatic rings. The lowest BCUT2D eigenvalue weighted by Crippen LogP contribution is -2.60. The van der Waals surface area contributed by atoms with Gasteiger partial charge in [0.25, 0.3) is 0 Å². The van der Waals surface area contributed by atoms with Crippen LogP contribution in [0.3, 0.4) is 0 Å². The van der Waals surface area contributed by atoms with E-state index in [0.29, 0.717) is 13.0 Å². The number of hydrogen-bond acceptors (Lipinski definition) is 7. The molecule has 0 aliphatic carbocycles. The molecule has 2 fully saturated rings. The van der Waals surface area contributed by atoms with Crippen molar-refractivity contribution in [2.45, 2.75) is 30.7 Å². The fraction of sp³-hybridized carbons (Fsp3) is 0.500. The van der Waals surface area contributed by atoms with Gasteiger partial charge in [0.2, 0.25) is 11.8 Å². The maximum Gasteiger partial charge on any atom is 0.407 e. The third-order valence-electron chi connectivity index (χ3n) is 4.75. The summed E-state index contributed by atoms with van der Waals surface area (Å²) in [4.78, 5) is 35.1. The summed E-state index contributed by atoms with van der Waals surface area (Å²) in [5, 5.41) is 20.7. The van der Waals surface area contributed by atoms with Gasteiger partial charge in [-0.25, -0.2) is 4.79 Å². The number of carbonyl (C=O) groups is 3. The monoisotopic (exact) mass is 392 g/mol. The Morgan fingerprint density at radius 2 is 2.04 bits per heavy atom. The number of methoxy groups -OCH3 is 1. The standard InChI is InChI=1S/C18H24N4O6/c1-27-11-4-2-10(3-5-11)6-12-16(14(23)8-19-12)28-18(26)21-7-13-17(25)20-9-15(24)22-13/h2-5,12-14,16,19,23H,6-9H2,1H3,(H,20,25)(H,21,26)(H,22,24)/t12-,13+,14+,16+/m1/s1. The fourth-order valence-corrected chi connectivity index (χ4v) is 3.23. The van der Waals surface area contributed by atoms with Gasteiger partial charge in [-0.3, -0.25) is 9.59 Å². The van der Waals surface area contributed by atoms with Crippen LogP contribution in [0.25, 0.3) is 0 Å². The van der Waals surface area contributed by atoms with E-state index in [1.54, 1.807) is 7.11 Å². The average Bonchev–Trinajstić information content (AvgIpc) is 3.02. The van der Waals surface area contributed by atoms with Crippen molar-refractivity contribution in [2.24, 2.45) is 0 Å². The molecule has 10 heteroatoms. The van der Waals surface area contributed by atoms with Gasteiger partial charge in [0, 0.05) is 6.54 Å². The molecule has 2 heterocycles. The number of hydrogen-bond donors (Lipinski definition) is 5. The minimum atomic E-state index is -0.851. The van der Waals surface area contributed by atoms with Crippen LogP contribution < -0.4 is 26.0 Å². The van der Waals surface area contributed by atoms with Crippen molar-refractivity contribution in [1.29, 1.82) is 0 Å². The van der Waals surface area contributed by atoms with E-state index < -0.39 is 24.3 Å². The lowest BCUT2D eigenvalue weighted by Gasteiger charge is -2.25. The number of aliphatic hydroxyl groups excluding tert-OH is 1. The molecule has 10 nitrogen and oxygen atoms in total. The lowest BCUT2D eigenvalue weighted by molar-refractivity contribution is -0.133. The zero-order valence-electron chi connectivity index (χ0n) is 15.4. The highest BCUT2D eigenvalue weighted by molar-refractivity contribution is 5.95. The summed E-state index contributed by atoms with van der Waals surface area (Å²) in [6.45, 7) is 0.127. The Balaban J connectivity index is 1.52. The number of ether oxygens (including phenoxy) is 2. The van der Waals surface area contributed by atoms with Crippen LogP contribution in [0.2, 0.25) is 0 Å². The summed E-state index contributed by atoms with van der Waals surface area (Å²) in [7, 11) is 1.59. The van der Waals surface area contributed by atoms with E-state index in [2.05, 4.69) is 21.3 Å². The number of amides is 3. The molecule has 1 aromatic carbocycles. The highest BCUT2D eigenvalue weighted by atomic mass is 16.6. The Kier molecular flexibility index (Phi) is 6.32. The van der Waals surface area contributed by atoms with Crippen molar-refractivity contribution in [3.63, 3.8) is 0 Å². The summed E-state index contributed by atoms with van der Waals surface area (Å²) < 4.78 is 10.5. The number of rotatable bonds is 6. The highest BCUT2D eigenvalue weighted by Crippen LogP contribution is 2.19. The predicted octanol–water partition coefficient (Wildman–Crippen LogP) is -1.72. The first-order valence-electron chi connectivity index (χ1n) is 9.02. The van der Waals surface area contributed by atoms with Crippen molar-refractivity contribution < 1.29 is 29.0 Å². The molecule has 4 atom stereocenters. The summed E-state index contributed by atoms with van der Waals surface area (Å²) >= 11 is 0. The summed E-state index contributed by atoms with van der Waals surface area (Å²) in [6, 6.07) is 6.39. The van der Waals surface area contributed by atoms with Crippen LogP contribution >= 0.6 is 0 Å². The highest BCUT2D eigenvalue weighted by Gasteiger charge is 2.38. The van der Waals surface area contributed by atoms with Crippen LogP contribution in [-0.4, -0.2) is 74.0 Å². The Labute approximate surface area is 162 Å². The molecule has 5 N–H and O–H groups in total. The maximum atomic E-state index is 12.1. The summed E-state index contributed by atoms with van der Waals surface area (Å²) in [6.07, 6.45) is -1.79. The predicted molar refractivity (Wildman–Crippen MR) is 97.7 cm³/mol. The number of benzene rings is 1. The van der Waals surface area contributed by atoms with Gasteiger partial charge >= 0.3 is 6.09 Å². The SMILES string of the molecule is COc1ccc(C[C@H]2NC[C@H](O)[C@H]2OC(=O)NC[C@@H]2NC(=O)CNC2=O)cc1. The Morgan fingerprint density at radius 3 is 2.75 bits per heavy atom. The van der Waals surface area contributed by atoms with Crippen molar-refractivity contribution in [3.05, 3.63) is 29.8 Å². The normalized spacial score (nSPS) is 26.9. The van der Waals surface area contributed by atoms with E-state index >= 15 is 0 Å². The van der Waals surface area contributed by atoms with E-state index in [0.717, 1.165) is 11.3 Å². The average molecular weight is 392 g/mol. The number of piperazine rings is 1. The van der Waals surface area contributed by atoms with Crippen LogP contribution in [0, 0.1) is 0 Å². The van der Waals surface area contributed by atoms with E-state index in [4.69, 9.17) is 9.47 Å². The van der Waals surface area contributed by atoms with Crippen LogP contribution in [-0.2, 0) is 20.7 Å². The van der Waals surface area contributed by atoms with Crippen LogP contribution in [0.1, 0.15) is 5.56 Å². The third kappa shape index (κ3) is 4.90. The molecule has 2 aliphatic heterocycles. The van der Waals surface area contributed by atoms with Gasteiger partial charge in [0.15, 0.2) is 0 Å². The number of alkyl carbamates (subject to hydrolysis) is 1. The first-order valence-corrected chi connectivity index (χ1v) is 9.02. The Bertz CT molecular complexity index is 725. The summed E-state index contributed by atoms with van der Waals surface area (Å²) in [5.74, 6) is 0.0452. The van der Waals surface area contributed by atoms with E-state index in [1.165, 1.54) is 0 Å². The smallest absolute Gasteiger partial charge is 0.407 e. The molecule has 2 saturated heterocycles. The first-order chi connectivity index (χ1) is 13.5. The second kappa shape index (κ2) is 8.89. The largest absolute Gasteiger partial charge is 0.497 e. The van der Waals surface area contributed by atoms with Gasteiger partial charge in [-0.05, 0) is 24.1 Å². The van der Waals surface area contributed by atoms with Gasteiger partial charge in [-0.1, -0.05) is 12.1 Å². The molecule has 0 bridgehead atoms. The third-order valence-corrected chi connectivity index (χ3v) is 4.75. The van der Waals surface area contributed by atoms with Gasteiger partial charge < -0.3 is 35.8 Å². The van der Waals surface area contributed by atoms with Crippen molar-refractivity contribution >= 4 is 17.9 Å². The van der Waals surface area contributed by atoms with Crippen molar-refractivity contribution in [1.82, 2.24) is 21.3 Å². The molecule has 28 heavy (non-hydrogen) atoms. The molecule has 0 radical (unpaired) electrons. The van der Waals surface area contributed by atoms with Gasteiger partial charge in [0.1, 0.15) is 24.0 Å². The number of nitrogens with one attached hydrogen (secondary N) is 4. The van der Waals surface area contributed by atoms with Crippen LogP contribution in [0.15, 0.2) is 24.3 Å². The topological polar surface area (TPSA) is 138 Å². The molecule has 3 rings (SSSR count). The zero-order chi connectivity index (χ0) is 20.1. The van der Waals surface area contributed by atoms with E-state index in [9.17, 15) is 19.5 Å². The van der Waals surface area contributed by atoms with Gasteiger partial charge in [0.05, 0.1) is 26.2 Å². The minimum Gasteiger partial charge on any atom is -0.497 e. The van der Waals surface area contributed by atoms with Gasteiger partial charge in [-0.2, -0.15) is 0 Å². The lowest BCUT2D eigenvalue weighted by atomic mass is 10.0. The quantitative estimate of drug-likeness (QED) is 0.388. The summed E-state index contributed by atoms with van der Waals surface area (Å²) in [5.41, 5.74) is 1.00. The Hall–Kier alpha value is -2.85. The molecule has 0 aromatic heterocycles.